The topological polar surface area (TPSA) is 77.3 Å². The van der Waals surface area contributed by atoms with Crippen LogP contribution in [0.3, 0.4) is 0 Å². The van der Waals surface area contributed by atoms with Crippen molar-refractivity contribution in [3.05, 3.63) is 27.8 Å². The fraction of sp³-hybridized carbons (Fsp3) is 0.417. The van der Waals surface area contributed by atoms with E-state index in [4.69, 9.17) is 4.74 Å². The molecule has 7 heteroatoms. The Morgan fingerprint density at radius 1 is 1.58 bits per heavy atom. The van der Waals surface area contributed by atoms with Gasteiger partial charge in [-0.05, 0) is 26.0 Å². The van der Waals surface area contributed by atoms with Gasteiger partial charge in [-0.3, -0.25) is 10.1 Å². The van der Waals surface area contributed by atoms with Gasteiger partial charge in [0.1, 0.15) is 5.69 Å². The van der Waals surface area contributed by atoms with Gasteiger partial charge in [-0.15, -0.1) is 11.3 Å². The Bertz CT molecular complexity index is 585. The summed E-state index contributed by atoms with van der Waals surface area (Å²) in [5.41, 5.74) is 2.56. The highest BCUT2D eigenvalue weighted by Crippen LogP contribution is 2.34. The minimum absolute atomic E-state index is 0.00395. The fourth-order valence-electron chi connectivity index (χ4n) is 1.84. The van der Waals surface area contributed by atoms with E-state index in [0.29, 0.717) is 24.4 Å². The van der Waals surface area contributed by atoms with Crippen LogP contribution in [0.25, 0.3) is 10.2 Å². The molecule has 1 aromatic heterocycles. The molecule has 19 heavy (non-hydrogen) atoms. The number of nitro groups is 1. The first-order valence-electron chi connectivity index (χ1n) is 5.99. The number of hydrogen-bond donors (Lipinski definition) is 1. The molecule has 1 heterocycles. The van der Waals surface area contributed by atoms with E-state index in [1.165, 1.54) is 11.3 Å². The van der Waals surface area contributed by atoms with Gasteiger partial charge in [0.15, 0.2) is 5.52 Å². The monoisotopic (exact) mass is 281 g/mol. The molecule has 1 N–H and O–H groups in total. The van der Waals surface area contributed by atoms with Crippen LogP contribution < -0.4 is 5.32 Å². The number of aromatic nitrogens is 1. The van der Waals surface area contributed by atoms with Gasteiger partial charge in [-0.25, -0.2) is 4.98 Å². The van der Waals surface area contributed by atoms with Crippen molar-refractivity contribution in [1.29, 1.82) is 0 Å². The zero-order chi connectivity index (χ0) is 13.8. The summed E-state index contributed by atoms with van der Waals surface area (Å²) < 4.78 is 6.21. The molecule has 0 radical (unpaired) electrons. The fourth-order valence-corrected chi connectivity index (χ4v) is 2.52. The second-order valence-corrected chi connectivity index (χ2v) is 4.95. The largest absolute Gasteiger partial charge is 0.377 e. The van der Waals surface area contributed by atoms with Gasteiger partial charge >= 0.3 is 5.69 Å². The normalized spacial score (nSPS) is 12.5. The molecule has 0 aliphatic rings. The molecule has 0 spiro atoms. The van der Waals surface area contributed by atoms with E-state index < -0.39 is 4.92 Å². The molecule has 0 amide bonds. The lowest BCUT2D eigenvalue weighted by atomic mass is 10.2. The van der Waals surface area contributed by atoms with E-state index in [2.05, 4.69) is 10.3 Å². The number of rotatable bonds is 6. The van der Waals surface area contributed by atoms with E-state index in [1.807, 2.05) is 19.9 Å². The quantitative estimate of drug-likeness (QED) is 0.650. The Labute approximate surface area is 114 Å². The lowest BCUT2D eigenvalue weighted by Gasteiger charge is -2.13. The van der Waals surface area contributed by atoms with Crippen LogP contribution in [0.5, 0.6) is 0 Å². The molecular weight excluding hydrogens is 266 g/mol. The highest BCUT2D eigenvalue weighted by Gasteiger charge is 2.20. The van der Waals surface area contributed by atoms with Crippen molar-refractivity contribution in [2.24, 2.45) is 0 Å². The second kappa shape index (κ2) is 5.94. The van der Waals surface area contributed by atoms with Crippen LogP contribution in [0.4, 0.5) is 11.4 Å². The van der Waals surface area contributed by atoms with Crippen LogP contribution in [0.15, 0.2) is 17.6 Å². The molecule has 0 fully saturated rings. The molecule has 0 bridgehead atoms. The zero-order valence-electron chi connectivity index (χ0n) is 10.8. The summed E-state index contributed by atoms with van der Waals surface area (Å²) in [6, 6.07) is 3.56. The summed E-state index contributed by atoms with van der Waals surface area (Å²) in [6.45, 7) is 4.98. The van der Waals surface area contributed by atoms with Gasteiger partial charge in [0, 0.05) is 13.2 Å². The molecule has 0 saturated heterocycles. The van der Waals surface area contributed by atoms with Crippen LogP contribution >= 0.6 is 11.3 Å². The molecule has 102 valence electrons. The lowest BCUT2D eigenvalue weighted by Crippen LogP contribution is -2.20. The predicted octanol–water partition coefficient (Wildman–Crippen LogP) is 3.04. The molecule has 1 atom stereocenters. The Kier molecular flexibility index (Phi) is 4.28. The Morgan fingerprint density at radius 2 is 2.37 bits per heavy atom. The molecule has 0 aliphatic carbocycles. The van der Waals surface area contributed by atoms with E-state index in [-0.39, 0.29) is 11.8 Å². The number of nitrogens with one attached hydrogen (secondary N) is 1. The minimum atomic E-state index is -0.393. The third kappa shape index (κ3) is 2.99. The van der Waals surface area contributed by atoms with Crippen LogP contribution in [0.2, 0.25) is 0 Å². The first-order chi connectivity index (χ1) is 9.13. The number of thiazole rings is 1. The molecule has 6 nitrogen and oxygen atoms in total. The van der Waals surface area contributed by atoms with Crippen molar-refractivity contribution in [3.63, 3.8) is 0 Å². The SMILES string of the molecule is CCOC(C)CNc1ccc2scnc2c1[N+](=O)[O-]. The average molecular weight is 281 g/mol. The first-order valence-corrected chi connectivity index (χ1v) is 6.87. The van der Waals surface area contributed by atoms with Crippen molar-refractivity contribution in [1.82, 2.24) is 4.98 Å². The van der Waals surface area contributed by atoms with Crippen molar-refractivity contribution < 1.29 is 9.66 Å². The Morgan fingerprint density at radius 3 is 3.05 bits per heavy atom. The van der Waals surface area contributed by atoms with Crippen LogP contribution in [0, 0.1) is 10.1 Å². The van der Waals surface area contributed by atoms with E-state index in [1.54, 1.807) is 11.6 Å². The number of nitrogens with zero attached hydrogens (tertiary/aromatic N) is 2. The highest BCUT2D eigenvalue weighted by atomic mass is 32.1. The van der Waals surface area contributed by atoms with Gasteiger partial charge in [-0.2, -0.15) is 0 Å². The third-order valence-corrected chi connectivity index (χ3v) is 3.48. The van der Waals surface area contributed by atoms with E-state index in [9.17, 15) is 10.1 Å². The summed E-state index contributed by atoms with van der Waals surface area (Å²) in [5.74, 6) is 0. The van der Waals surface area contributed by atoms with Crippen molar-refractivity contribution in [2.45, 2.75) is 20.0 Å². The highest BCUT2D eigenvalue weighted by molar-refractivity contribution is 7.16. The van der Waals surface area contributed by atoms with Crippen LogP contribution in [-0.2, 0) is 4.74 Å². The molecular formula is C12H15N3O3S. The molecule has 2 aromatic rings. The van der Waals surface area contributed by atoms with Crippen molar-refractivity contribution in [3.8, 4) is 0 Å². The molecule has 0 saturated carbocycles. The standard InChI is InChI=1S/C12H15N3O3S/c1-3-18-8(2)6-13-9-4-5-10-11(14-7-19-10)12(9)15(16)17/h4-5,7-8,13H,3,6H2,1-2H3. The van der Waals surface area contributed by atoms with Gasteiger partial charge in [-0.1, -0.05) is 0 Å². The summed E-state index contributed by atoms with van der Waals surface area (Å²) in [7, 11) is 0. The maximum Gasteiger partial charge on any atom is 0.319 e. The third-order valence-electron chi connectivity index (χ3n) is 2.69. The zero-order valence-corrected chi connectivity index (χ0v) is 11.6. The molecule has 1 unspecified atom stereocenters. The van der Waals surface area contributed by atoms with E-state index in [0.717, 1.165) is 4.70 Å². The average Bonchev–Trinajstić information content (AvgIpc) is 2.83. The Hall–Kier alpha value is -1.73. The van der Waals surface area contributed by atoms with Gasteiger partial charge in [0.25, 0.3) is 0 Å². The number of benzene rings is 1. The summed E-state index contributed by atoms with van der Waals surface area (Å²) >= 11 is 1.39. The van der Waals surface area contributed by atoms with Crippen molar-refractivity contribution >= 4 is 32.9 Å². The summed E-state index contributed by atoms with van der Waals surface area (Å²) in [5, 5.41) is 14.3. The first kappa shape index (κ1) is 13.7. The number of hydrogen-bond acceptors (Lipinski definition) is 6. The summed E-state index contributed by atoms with van der Waals surface area (Å²) in [6.07, 6.45) is -0.00395. The maximum absolute atomic E-state index is 11.2. The van der Waals surface area contributed by atoms with Gasteiger partial charge in [0.05, 0.1) is 21.2 Å². The number of anilines is 1. The number of nitro benzene ring substituents is 1. The van der Waals surface area contributed by atoms with Crippen molar-refractivity contribution in [2.75, 3.05) is 18.5 Å². The van der Waals surface area contributed by atoms with E-state index >= 15 is 0 Å². The molecule has 0 aliphatic heterocycles. The molecule has 1 aromatic carbocycles. The number of fused-ring (bicyclic) bond motifs is 1. The van der Waals surface area contributed by atoms with Gasteiger partial charge in [0.2, 0.25) is 0 Å². The van der Waals surface area contributed by atoms with Gasteiger partial charge < -0.3 is 10.1 Å². The predicted molar refractivity (Wildman–Crippen MR) is 75.9 cm³/mol. The minimum Gasteiger partial charge on any atom is -0.377 e. The van der Waals surface area contributed by atoms with Crippen LogP contribution in [0.1, 0.15) is 13.8 Å². The summed E-state index contributed by atoms with van der Waals surface area (Å²) in [4.78, 5) is 14.9. The molecule has 2 rings (SSSR count). The lowest BCUT2D eigenvalue weighted by molar-refractivity contribution is -0.382. The maximum atomic E-state index is 11.2. The van der Waals surface area contributed by atoms with Crippen LogP contribution in [-0.4, -0.2) is 29.2 Å². The second-order valence-electron chi connectivity index (χ2n) is 4.06. The Balaban J connectivity index is 2.27. The number of ether oxygens (including phenoxy) is 1. The smallest absolute Gasteiger partial charge is 0.319 e.